The summed E-state index contributed by atoms with van der Waals surface area (Å²) in [5, 5.41) is 10.1. The Morgan fingerprint density at radius 1 is 1.45 bits per heavy atom. The lowest BCUT2D eigenvalue weighted by atomic mass is 9.92. The van der Waals surface area contributed by atoms with Gasteiger partial charge in [-0.25, -0.2) is 13.1 Å². The summed E-state index contributed by atoms with van der Waals surface area (Å²) >= 11 is 1.25. The molecule has 0 aliphatic carbocycles. The van der Waals surface area contributed by atoms with Crippen LogP contribution in [0.2, 0.25) is 0 Å². The average molecular weight is 319 g/mol. The summed E-state index contributed by atoms with van der Waals surface area (Å²) < 4.78 is 32.1. The minimum Gasteiger partial charge on any atom is -0.393 e. The van der Waals surface area contributed by atoms with Crippen LogP contribution in [-0.2, 0) is 14.8 Å². The number of aliphatic hydroxyl groups is 1. The molecule has 0 amide bonds. The zero-order chi connectivity index (χ0) is 14.6. The summed E-state index contributed by atoms with van der Waals surface area (Å²) in [6, 6.07) is 3.40. The van der Waals surface area contributed by atoms with Crippen LogP contribution in [0.4, 0.5) is 0 Å². The Labute approximate surface area is 124 Å². The Morgan fingerprint density at radius 3 is 2.75 bits per heavy atom. The van der Waals surface area contributed by atoms with Crippen molar-refractivity contribution in [2.24, 2.45) is 5.92 Å². The number of aryl methyl sites for hydroxylation is 1. The first-order valence-corrected chi connectivity index (χ1v) is 9.11. The molecule has 2 N–H and O–H groups in total. The third-order valence-electron chi connectivity index (χ3n) is 3.52. The lowest BCUT2D eigenvalue weighted by molar-refractivity contribution is 0.00567. The maximum atomic E-state index is 12.0. The van der Waals surface area contributed by atoms with Crippen LogP contribution in [0.1, 0.15) is 24.1 Å². The summed E-state index contributed by atoms with van der Waals surface area (Å²) in [6.07, 6.45) is 1.66. The number of hydrogen-bond donors (Lipinski definition) is 2. The van der Waals surface area contributed by atoms with Gasteiger partial charge in [-0.1, -0.05) is 0 Å². The Balaban J connectivity index is 1.80. The monoisotopic (exact) mass is 319 g/mol. The van der Waals surface area contributed by atoms with E-state index in [0.717, 1.165) is 17.7 Å². The highest BCUT2D eigenvalue weighted by Gasteiger charge is 2.23. The third-order valence-corrected chi connectivity index (χ3v) is 6.48. The van der Waals surface area contributed by atoms with E-state index in [1.165, 1.54) is 11.3 Å². The normalized spacial score (nSPS) is 19.1. The van der Waals surface area contributed by atoms with Crippen molar-refractivity contribution in [1.82, 2.24) is 4.72 Å². The first kappa shape index (κ1) is 15.9. The average Bonchev–Trinajstić information content (AvgIpc) is 2.87. The van der Waals surface area contributed by atoms with Crippen LogP contribution in [0.3, 0.4) is 0 Å². The standard InChI is InChI=1S/C13H21NO4S2/c1-10-2-3-13(19-10)20(16,17)14-7-4-12(15)11-5-8-18-9-6-11/h2-3,11-12,14-15H,4-9H2,1H3/t12-/m0/s1. The number of ether oxygens (including phenoxy) is 1. The Morgan fingerprint density at radius 2 is 2.15 bits per heavy atom. The Hall–Kier alpha value is -0.470. The molecule has 0 unspecified atom stereocenters. The van der Waals surface area contributed by atoms with Crippen molar-refractivity contribution in [2.45, 2.75) is 36.5 Å². The number of nitrogens with one attached hydrogen (secondary N) is 1. The van der Waals surface area contributed by atoms with Crippen LogP contribution >= 0.6 is 11.3 Å². The summed E-state index contributed by atoms with van der Waals surface area (Å²) in [7, 11) is -3.43. The molecule has 2 heterocycles. The molecule has 1 aromatic heterocycles. The molecule has 1 saturated heterocycles. The van der Waals surface area contributed by atoms with E-state index in [1.807, 2.05) is 6.92 Å². The van der Waals surface area contributed by atoms with Gasteiger partial charge in [-0.15, -0.1) is 11.3 Å². The van der Waals surface area contributed by atoms with Crippen LogP contribution in [0.15, 0.2) is 16.3 Å². The SMILES string of the molecule is Cc1ccc(S(=O)(=O)NCC[C@H](O)C2CCOCC2)s1. The number of aliphatic hydroxyl groups excluding tert-OH is 1. The molecular weight excluding hydrogens is 298 g/mol. The second-order valence-corrected chi connectivity index (χ2v) is 8.35. The van der Waals surface area contributed by atoms with Crippen molar-refractivity contribution >= 4 is 21.4 Å². The van der Waals surface area contributed by atoms with Crippen LogP contribution in [0.5, 0.6) is 0 Å². The second-order valence-electron chi connectivity index (χ2n) is 5.07. The zero-order valence-corrected chi connectivity index (χ0v) is 13.2. The second kappa shape index (κ2) is 7.00. The number of thiophene rings is 1. The van der Waals surface area contributed by atoms with Crippen molar-refractivity contribution in [3.63, 3.8) is 0 Å². The van der Waals surface area contributed by atoms with E-state index in [-0.39, 0.29) is 12.5 Å². The maximum absolute atomic E-state index is 12.0. The molecule has 1 aromatic rings. The van der Waals surface area contributed by atoms with Gasteiger partial charge in [0.1, 0.15) is 4.21 Å². The first-order chi connectivity index (χ1) is 9.49. The molecule has 0 aromatic carbocycles. The van der Waals surface area contributed by atoms with Gasteiger partial charge in [0.05, 0.1) is 6.10 Å². The van der Waals surface area contributed by atoms with Crippen molar-refractivity contribution in [3.05, 3.63) is 17.0 Å². The van der Waals surface area contributed by atoms with Gasteiger partial charge >= 0.3 is 0 Å². The third kappa shape index (κ3) is 4.26. The van der Waals surface area contributed by atoms with E-state index in [1.54, 1.807) is 12.1 Å². The molecule has 0 spiro atoms. The van der Waals surface area contributed by atoms with Crippen LogP contribution in [0, 0.1) is 12.8 Å². The molecule has 20 heavy (non-hydrogen) atoms. The highest BCUT2D eigenvalue weighted by molar-refractivity contribution is 7.91. The van der Waals surface area contributed by atoms with Crippen molar-refractivity contribution < 1.29 is 18.3 Å². The molecule has 1 atom stereocenters. The zero-order valence-electron chi connectivity index (χ0n) is 11.5. The molecule has 2 rings (SSSR count). The summed E-state index contributed by atoms with van der Waals surface area (Å²) in [5.74, 6) is 0.220. The summed E-state index contributed by atoms with van der Waals surface area (Å²) in [6.45, 7) is 3.50. The number of hydrogen-bond acceptors (Lipinski definition) is 5. The summed E-state index contributed by atoms with van der Waals surface area (Å²) in [5.41, 5.74) is 0. The van der Waals surface area contributed by atoms with Crippen molar-refractivity contribution in [1.29, 1.82) is 0 Å². The quantitative estimate of drug-likeness (QED) is 0.833. The Bertz CT molecular complexity index is 520. The molecule has 1 aliphatic rings. The van der Waals surface area contributed by atoms with Crippen LogP contribution in [0.25, 0.3) is 0 Å². The number of sulfonamides is 1. The topological polar surface area (TPSA) is 75.6 Å². The van der Waals surface area contributed by atoms with Gasteiger partial charge in [0.2, 0.25) is 10.0 Å². The molecule has 1 aliphatic heterocycles. The van der Waals surface area contributed by atoms with E-state index in [2.05, 4.69) is 4.72 Å². The largest absolute Gasteiger partial charge is 0.393 e. The summed E-state index contributed by atoms with van der Waals surface area (Å²) in [4.78, 5) is 0.965. The lowest BCUT2D eigenvalue weighted by Gasteiger charge is -2.26. The first-order valence-electron chi connectivity index (χ1n) is 6.81. The van der Waals surface area contributed by atoms with Gasteiger partial charge < -0.3 is 9.84 Å². The number of rotatable bonds is 6. The van der Waals surface area contributed by atoms with Gasteiger partial charge in [0, 0.05) is 24.6 Å². The minimum atomic E-state index is -3.43. The fourth-order valence-corrected chi connectivity index (χ4v) is 4.68. The predicted molar refractivity (Wildman–Crippen MR) is 78.4 cm³/mol. The molecule has 5 nitrogen and oxygen atoms in total. The minimum absolute atomic E-state index is 0.220. The van der Waals surface area contributed by atoms with Gasteiger partial charge in [-0.2, -0.15) is 0 Å². The van der Waals surface area contributed by atoms with E-state index < -0.39 is 16.1 Å². The van der Waals surface area contributed by atoms with Gasteiger partial charge in [0.25, 0.3) is 0 Å². The van der Waals surface area contributed by atoms with E-state index in [4.69, 9.17) is 4.74 Å². The van der Waals surface area contributed by atoms with Gasteiger partial charge in [-0.05, 0) is 44.2 Å². The van der Waals surface area contributed by atoms with Crippen molar-refractivity contribution in [3.8, 4) is 0 Å². The fourth-order valence-electron chi connectivity index (χ4n) is 2.31. The van der Waals surface area contributed by atoms with Gasteiger partial charge in [0.15, 0.2) is 0 Å². The molecule has 7 heteroatoms. The molecule has 114 valence electrons. The smallest absolute Gasteiger partial charge is 0.250 e. The fraction of sp³-hybridized carbons (Fsp3) is 0.692. The molecule has 1 fully saturated rings. The maximum Gasteiger partial charge on any atom is 0.250 e. The van der Waals surface area contributed by atoms with Crippen LogP contribution < -0.4 is 4.72 Å². The highest BCUT2D eigenvalue weighted by atomic mass is 32.2. The highest BCUT2D eigenvalue weighted by Crippen LogP contribution is 2.22. The van der Waals surface area contributed by atoms with Crippen molar-refractivity contribution in [2.75, 3.05) is 19.8 Å². The predicted octanol–water partition coefficient (Wildman–Crippen LogP) is 1.51. The molecule has 0 bridgehead atoms. The molecule has 0 radical (unpaired) electrons. The molecular formula is C13H21NO4S2. The molecule has 0 saturated carbocycles. The van der Waals surface area contributed by atoms with Crippen LogP contribution in [-0.4, -0.2) is 39.4 Å². The van der Waals surface area contributed by atoms with E-state index in [9.17, 15) is 13.5 Å². The lowest BCUT2D eigenvalue weighted by Crippen LogP contribution is -2.32. The van der Waals surface area contributed by atoms with Gasteiger partial charge in [-0.3, -0.25) is 0 Å². The van der Waals surface area contributed by atoms with E-state index >= 15 is 0 Å². The van der Waals surface area contributed by atoms with E-state index in [0.29, 0.717) is 23.8 Å². The Kier molecular flexibility index (Phi) is 5.57.